The van der Waals surface area contributed by atoms with Gasteiger partial charge in [0, 0.05) is 70.1 Å². The molecular weight excluding hydrogens is 1070 g/mol. The fourth-order valence-corrected chi connectivity index (χ4v) is 9.59. The highest BCUT2D eigenvalue weighted by atomic mass is 35.5. The molecule has 0 saturated heterocycles. The monoisotopic (exact) mass is 1130 g/mol. The van der Waals surface area contributed by atoms with E-state index >= 15 is 0 Å². The lowest BCUT2D eigenvalue weighted by molar-refractivity contribution is 0.0590. The number of fused-ring (bicyclic) bond motifs is 2. The number of benzene rings is 2. The zero-order valence-corrected chi connectivity index (χ0v) is 46.2. The van der Waals surface area contributed by atoms with Gasteiger partial charge in [-0.2, -0.15) is 24.6 Å². The molecule has 2 fully saturated rings. The smallest absolute Gasteiger partial charge is 0.263 e. The van der Waals surface area contributed by atoms with E-state index in [1.807, 2.05) is 6.07 Å². The van der Waals surface area contributed by atoms with Crippen molar-refractivity contribution >= 4 is 56.2 Å². The SMILES string of the molecule is Cc1nc(F)ccc1[C@H](Nc1cc(C#N)c2ncc(C#N)c(NCC(C)(C)C)c2c1)c1cn(C2(C(F)F)CC2)nn1.Cc1nc(F)ccc1[C@H](Nc1cc(Cl)c2ncc(C#N)c(NCC(C)(C)C)c2c1)c1cn(C2(C(F)F)CC2)nn1. The van der Waals surface area contributed by atoms with Crippen LogP contribution in [0.25, 0.3) is 21.8 Å². The van der Waals surface area contributed by atoms with E-state index in [4.69, 9.17) is 11.6 Å². The van der Waals surface area contributed by atoms with Crippen molar-refractivity contribution in [3.63, 3.8) is 0 Å². The van der Waals surface area contributed by atoms with E-state index < -0.39 is 47.9 Å². The van der Waals surface area contributed by atoms with Crippen LogP contribution in [0.4, 0.5) is 49.1 Å². The molecule has 2 saturated carbocycles. The second-order valence-corrected chi connectivity index (χ2v) is 23.2. The summed E-state index contributed by atoms with van der Waals surface area (Å²) in [4.78, 5) is 16.7. The zero-order valence-electron chi connectivity index (χ0n) is 45.4. The predicted molar refractivity (Wildman–Crippen MR) is 294 cm³/mol. The van der Waals surface area contributed by atoms with Gasteiger partial charge in [0.05, 0.1) is 68.6 Å². The molecule has 0 bridgehead atoms. The van der Waals surface area contributed by atoms with Gasteiger partial charge in [-0.25, -0.2) is 36.9 Å². The number of nitriles is 3. The minimum absolute atomic E-state index is 0.0663. The lowest BCUT2D eigenvalue weighted by atomic mass is 9.96. The summed E-state index contributed by atoms with van der Waals surface area (Å²) in [6.07, 6.45) is 1.90. The number of alkyl halides is 4. The molecule has 2 atom stereocenters. The van der Waals surface area contributed by atoms with Gasteiger partial charge in [0.2, 0.25) is 11.9 Å². The largest absolute Gasteiger partial charge is 0.383 e. The number of nitrogens with one attached hydrogen (secondary N) is 4. The number of aromatic nitrogens is 10. The molecule has 17 nitrogen and oxygen atoms in total. The van der Waals surface area contributed by atoms with E-state index in [0.29, 0.717) is 121 Å². The quantitative estimate of drug-likeness (QED) is 0.0520. The number of rotatable bonds is 16. The molecule has 6 heterocycles. The lowest BCUT2D eigenvalue weighted by Crippen LogP contribution is -2.26. The molecule has 24 heteroatoms. The maximum absolute atomic E-state index is 13.9. The Morgan fingerprint density at radius 1 is 0.605 bits per heavy atom. The molecule has 2 aliphatic carbocycles. The Hall–Kier alpha value is -8.62. The number of anilines is 4. The van der Waals surface area contributed by atoms with E-state index in [9.17, 15) is 42.1 Å². The van der Waals surface area contributed by atoms with Crippen LogP contribution in [0.1, 0.15) is 130 Å². The maximum atomic E-state index is 13.9. The topological polar surface area (TPSA) is 232 Å². The Kier molecular flexibility index (Phi) is 15.6. The van der Waals surface area contributed by atoms with Crippen LogP contribution in [0.2, 0.25) is 5.02 Å². The molecule has 0 radical (unpaired) electrons. The Balaban J connectivity index is 0.000000196. The van der Waals surface area contributed by atoms with Crippen LogP contribution in [-0.4, -0.2) is 75.9 Å². The fraction of sp³-hybridized carbons (Fsp3) is 0.386. The van der Waals surface area contributed by atoms with E-state index in [1.54, 1.807) is 44.2 Å². The Morgan fingerprint density at radius 3 is 1.40 bits per heavy atom. The van der Waals surface area contributed by atoms with Crippen LogP contribution in [0.3, 0.4) is 0 Å². The number of halogens is 7. The summed E-state index contributed by atoms with van der Waals surface area (Å²) in [5.74, 6) is -1.30. The average Bonchev–Trinajstić information content (AvgIpc) is 4.47. The van der Waals surface area contributed by atoms with Crippen LogP contribution in [-0.2, 0) is 11.1 Å². The summed E-state index contributed by atoms with van der Waals surface area (Å²) >= 11 is 6.66. The van der Waals surface area contributed by atoms with Crippen molar-refractivity contribution in [1.29, 1.82) is 15.8 Å². The van der Waals surface area contributed by atoms with Crippen molar-refractivity contribution in [2.24, 2.45) is 10.8 Å². The first-order chi connectivity index (χ1) is 38.4. The van der Waals surface area contributed by atoms with Gasteiger partial charge in [0.25, 0.3) is 12.9 Å². The minimum Gasteiger partial charge on any atom is -0.383 e. The number of hydrogen-bond acceptors (Lipinski definition) is 15. The molecule has 0 unspecified atom stereocenters. The van der Waals surface area contributed by atoms with Crippen molar-refractivity contribution in [2.45, 2.75) is 117 Å². The summed E-state index contributed by atoms with van der Waals surface area (Å²) in [6, 6.07) is 17.5. The van der Waals surface area contributed by atoms with E-state index in [1.165, 1.54) is 46.3 Å². The first-order valence-electron chi connectivity index (χ1n) is 25.9. The number of nitrogens with zero attached hydrogens (tertiary/aromatic N) is 13. The number of aryl methyl sites for hydroxylation is 2. The normalized spacial score (nSPS) is 15.0. The molecule has 4 N–H and O–H groups in total. The summed E-state index contributed by atoms with van der Waals surface area (Å²) in [5.41, 5.74) is 3.73. The molecule has 0 amide bonds. The summed E-state index contributed by atoms with van der Waals surface area (Å²) in [5, 5.41) is 61.0. The van der Waals surface area contributed by atoms with Gasteiger partial charge in [-0.1, -0.05) is 75.7 Å². The highest BCUT2D eigenvalue weighted by Gasteiger charge is 2.55. The first-order valence-corrected chi connectivity index (χ1v) is 26.2. The van der Waals surface area contributed by atoms with Crippen LogP contribution in [0, 0.1) is 70.6 Å². The van der Waals surface area contributed by atoms with Gasteiger partial charge in [0.15, 0.2) is 0 Å². The van der Waals surface area contributed by atoms with Crippen LogP contribution < -0.4 is 21.3 Å². The van der Waals surface area contributed by atoms with Gasteiger partial charge in [-0.3, -0.25) is 9.97 Å². The van der Waals surface area contributed by atoms with Gasteiger partial charge < -0.3 is 21.3 Å². The molecular formula is C57H56ClF6N17. The third-order valence-corrected chi connectivity index (χ3v) is 14.4. The lowest BCUT2D eigenvalue weighted by Gasteiger charge is -2.23. The first kappa shape index (κ1) is 57.1. The molecule has 6 aromatic heterocycles. The van der Waals surface area contributed by atoms with Crippen molar-refractivity contribution < 1.29 is 26.3 Å². The highest BCUT2D eigenvalue weighted by molar-refractivity contribution is 6.36. The molecule has 0 spiro atoms. The standard InChI is InChI=1S/C29H28F3N9.C28H28ClF3N8/c1-16-20(5-6-23(30)37-16)26(22-14-41(40-39-22)29(7-8-29)27(31)32)38-19-9-17(11-33)24-21(10-19)25(18(12-34)13-35-24)36-15-28(2,3)4;1-15-18(5-6-22(30)36-15)25(21-13-40(39-38-21)28(7-8-28)26(31)32)37-17-9-19-23(35-14-27(2,3)4)16(11-33)12-34-24(19)20(29)10-17/h5-6,9-10,13-14,26-27,38H,7-8,15H2,1-4H3,(H,35,36);5-6,9-10,12-13,25-26,37H,7-8,14H2,1-4H3,(H,34,35)/t26-;25-/m00/s1. The number of pyridine rings is 4. The van der Waals surface area contributed by atoms with Gasteiger partial charge in [-0.05, 0) is 86.8 Å². The summed E-state index contributed by atoms with van der Waals surface area (Å²) < 4.78 is 85.4. The Labute approximate surface area is 467 Å². The van der Waals surface area contributed by atoms with E-state index in [0.717, 1.165) is 0 Å². The van der Waals surface area contributed by atoms with Gasteiger partial charge in [0.1, 0.15) is 40.7 Å². The van der Waals surface area contributed by atoms with Crippen molar-refractivity contribution in [1.82, 2.24) is 49.9 Å². The molecule has 0 aliphatic heterocycles. The molecule has 2 aliphatic rings. The third kappa shape index (κ3) is 12.0. The summed E-state index contributed by atoms with van der Waals surface area (Å²) in [6.45, 7) is 16.8. The van der Waals surface area contributed by atoms with Crippen molar-refractivity contribution in [3.8, 4) is 18.2 Å². The summed E-state index contributed by atoms with van der Waals surface area (Å²) in [7, 11) is 0. The predicted octanol–water partition coefficient (Wildman–Crippen LogP) is 12.4. The molecule has 2 aromatic carbocycles. The molecule has 81 heavy (non-hydrogen) atoms. The maximum Gasteiger partial charge on any atom is 0.263 e. The third-order valence-electron chi connectivity index (χ3n) is 14.1. The van der Waals surface area contributed by atoms with Gasteiger partial charge in [-0.15, -0.1) is 10.2 Å². The average molecular weight is 1130 g/mol. The number of hydrogen-bond donors (Lipinski definition) is 4. The van der Waals surface area contributed by atoms with Gasteiger partial charge >= 0.3 is 0 Å². The fourth-order valence-electron chi connectivity index (χ4n) is 9.32. The minimum atomic E-state index is -2.60. The second-order valence-electron chi connectivity index (χ2n) is 22.8. The molecule has 418 valence electrons. The van der Waals surface area contributed by atoms with Crippen molar-refractivity contribution in [3.05, 3.63) is 141 Å². The van der Waals surface area contributed by atoms with Crippen molar-refractivity contribution in [2.75, 3.05) is 34.4 Å². The second kappa shape index (κ2) is 22.1. The van der Waals surface area contributed by atoms with Crippen LogP contribution in [0.15, 0.2) is 73.3 Å². The van der Waals surface area contributed by atoms with E-state index in [2.05, 4.69) is 122 Å². The Bertz CT molecular complexity index is 3820. The van der Waals surface area contributed by atoms with Crippen LogP contribution >= 0.6 is 11.6 Å². The van der Waals surface area contributed by atoms with Crippen LogP contribution in [0.5, 0.6) is 0 Å². The molecule has 8 aromatic rings. The molecule has 10 rings (SSSR count). The van der Waals surface area contributed by atoms with E-state index in [-0.39, 0.29) is 29.2 Å². The highest BCUT2D eigenvalue weighted by Crippen LogP contribution is 2.49. The zero-order chi connectivity index (χ0) is 58.3. The Morgan fingerprint density at radius 2 is 1.01 bits per heavy atom.